The number of rotatable bonds is 4. The van der Waals surface area contributed by atoms with Gasteiger partial charge in [0, 0.05) is 17.1 Å². The average Bonchev–Trinajstić information content (AvgIpc) is 2.88. The van der Waals surface area contributed by atoms with Gasteiger partial charge >= 0.3 is 0 Å². The molecular formula is C15H14FN5OS. The summed E-state index contributed by atoms with van der Waals surface area (Å²) in [5.74, 6) is 0.0199. The number of benzene rings is 1. The van der Waals surface area contributed by atoms with Crippen molar-refractivity contribution in [2.45, 2.75) is 19.0 Å². The number of fused-ring (bicyclic) bond motifs is 1. The molecule has 0 aliphatic carbocycles. The second kappa shape index (κ2) is 6.33. The van der Waals surface area contributed by atoms with Crippen LogP contribution in [0.1, 0.15) is 11.4 Å². The third kappa shape index (κ3) is 3.48. The van der Waals surface area contributed by atoms with E-state index in [9.17, 15) is 9.18 Å². The quantitative estimate of drug-likeness (QED) is 0.744. The lowest BCUT2D eigenvalue weighted by Crippen LogP contribution is -2.14. The average molecular weight is 331 g/mol. The number of hydrogen-bond acceptors (Lipinski definition) is 5. The van der Waals surface area contributed by atoms with Gasteiger partial charge in [0.1, 0.15) is 5.82 Å². The summed E-state index contributed by atoms with van der Waals surface area (Å²) in [5.41, 5.74) is 2.24. The van der Waals surface area contributed by atoms with E-state index in [1.54, 1.807) is 16.5 Å². The standard InChI is InChI=1S/C15H14FN5OS/c1-9-6-10(2)21-14(17-9)19-20-15(21)23-8-13(22)18-12-5-3-4-11(16)7-12/h3-7H,8H2,1-2H3,(H,18,22). The van der Waals surface area contributed by atoms with Crippen LogP contribution in [0.2, 0.25) is 0 Å². The predicted molar refractivity (Wildman–Crippen MR) is 86.0 cm³/mol. The Kier molecular flexibility index (Phi) is 4.24. The van der Waals surface area contributed by atoms with Crippen LogP contribution in [0.15, 0.2) is 35.5 Å². The Hall–Kier alpha value is -2.48. The maximum Gasteiger partial charge on any atom is 0.256 e. The molecular weight excluding hydrogens is 317 g/mol. The van der Waals surface area contributed by atoms with Gasteiger partial charge in [0.25, 0.3) is 5.78 Å². The maximum absolute atomic E-state index is 13.1. The highest BCUT2D eigenvalue weighted by Gasteiger charge is 2.12. The third-order valence-corrected chi connectivity index (χ3v) is 4.03. The molecule has 0 bridgehead atoms. The Morgan fingerprint density at radius 3 is 2.91 bits per heavy atom. The molecule has 8 heteroatoms. The van der Waals surface area contributed by atoms with Crippen LogP contribution < -0.4 is 5.32 Å². The van der Waals surface area contributed by atoms with Gasteiger partial charge < -0.3 is 5.32 Å². The molecule has 3 aromatic rings. The molecule has 1 N–H and O–H groups in total. The number of thioether (sulfide) groups is 1. The summed E-state index contributed by atoms with van der Waals surface area (Å²) in [6.07, 6.45) is 0. The lowest BCUT2D eigenvalue weighted by Gasteiger charge is -2.06. The summed E-state index contributed by atoms with van der Waals surface area (Å²) in [4.78, 5) is 16.3. The molecule has 118 valence electrons. The maximum atomic E-state index is 13.1. The van der Waals surface area contributed by atoms with E-state index in [0.29, 0.717) is 16.6 Å². The first-order valence-corrected chi connectivity index (χ1v) is 7.89. The van der Waals surface area contributed by atoms with Crippen LogP contribution in [0.3, 0.4) is 0 Å². The van der Waals surface area contributed by atoms with E-state index >= 15 is 0 Å². The molecule has 2 aromatic heterocycles. The fourth-order valence-corrected chi connectivity index (χ4v) is 2.97. The predicted octanol–water partition coefficient (Wildman–Crippen LogP) is 2.61. The van der Waals surface area contributed by atoms with Crippen molar-refractivity contribution in [2.24, 2.45) is 0 Å². The third-order valence-electron chi connectivity index (χ3n) is 3.10. The topological polar surface area (TPSA) is 72.2 Å². The minimum absolute atomic E-state index is 0.143. The molecule has 1 aromatic carbocycles. The summed E-state index contributed by atoms with van der Waals surface area (Å²) in [7, 11) is 0. The SMILES string of the molecule is Cc1cc(C)n2c(SCC(=O)Nc3cccc(F)c3)nnc2n1. The Balaban J connectivity index is 1.70. The van der Waals surface area contributed by atoms with Crippen LogP contribution in [0.4, 0.5) is 10.1 Å². The minimum atomic E-state index is -0.393. The fraction of sp³-hybridized carbons (Fsp3) is 0.200. The Labute approximate surface area is 136 Å². The molecule has 0 spiro atoms. The smallest absolute Gasteiger partial charge is 0.256 e. The monoisotopic (exact) mass is 331 g/mol. The molecule has 0 fully saturated rings. The van der Waals surface area contributed by atoms with Gasteiger partial charge in [0.15, 0.2) is 5.16 Å². The summed E-state index contributed by atoms with van der Waals surface area (Å²) < 4.78 is 14.9. The highest BCUT2D eigenvalue weighted by atomic mass is 32.2. The zero-order chi connectivity index (χ0) is 16.4. The van der Waals surface area contributed by atoms with Gasteiger partial charge in [0.05, 0.1) is 5.75 Å². The van der Waals surface area contributed by atoms with E-state index < -0.39 is 5.82 Å². The molecule has 6 nitrogen and oxygen atoms in total. The van der Waals surface area contributed by atoms with Gasteiger partial charge in [-0.15, -0.1) is 10.2 Å². The van der Waals surface area contributed by atoms with Crippen molar-refractivity contribution in [3.8, 4) is 0 Å². The second-order valence-corrected chi connectivity index (χ2v) is 5.95. The van der Waals surface area contributed by atoms with Gasteiger partial charge in [-0.05, 0) is 38.1 Å². The van der Waals surface area contributed by atoms with E-state index in [1.807, 2.05) is 19.9 Å². The zero-order valence-corrected chi connectivity index (χ0v) is 13.4. The van der Waals surface area contributed by atoms with Gasteiger partial charge in [-0.2, -0.15) is 0 Å². The number of halogens is 1. The first-order chi connectivity index (χ1) is 11.0. The highest BCUT2D eigenvalue weighted by Crippen LogP contribution is 2.19. The zero-order valence-electron chi connectivity index (χ0n) is 12.6. The number of nitrogens with zero attached hydrogens (tertiary/aromatic N) is 4. The van der Waals surface area contributed by atoms with E-state index in [0.717, 1.165) is 11.4 Å². The molecule has 0 saturated heterocycles. The molecule has 2 heterocycles. The van der Waals surface area contributed by atoms with E-state index in [2.05, 4.69) is 20.5 Å². The normalized spacial score (nSPS) is 10.9. The summed E-state index contributed by atoms with van der Waals surface area (Å²) in [6.45, 7) is 3.82. The van der Waals surface area contributed by atoms with Gasteiger partial charge in [-0.3, -0.25) is 9.20 Å². The van der Waals surface area contributed by atoms with Crippen molar-refractivity contribution in [2.75, 3.05) is 11.1 Å². The minimum Gasteiger partial charge on any atom is -0.325 e. The van der Waals surface area contributed by atoms with Crippen molar-refractivity contribution in [3.63, 3.8) is 0 Å². The lowest BCUT2D eigenvalue weighted by molar-refractivity contribution is -0.113. The molecule has 3 rings (SSSR count). The summed E-state index contributed by atoms with van der Waals surface area (Å²) in [5, 5.41) is 11.3. The van der Waals surface area contributed by atoms with E-state index in [4.69, 9.17) is 0 Å². The summed E-state index contributed by atoms with van der Waals surface area (Å²) in [6, 6.07) is 7.69. The van der Waals surface area contributed by atoms with Crippen LogP contribution in [-0.2, 0) is 4.79 Å². The molecule has 0 radical (unpaired) electrons. The number of carbonyl (C=O) groups excluding carboxylic acids is 1. The number of nitrogens with one attached hydrogen (secondary N) is 1. The molecule has 0 unspecified atom stereocenters. The van der Waals surface area contributed by atoms with Gasteiger partial charge in [-0.25, -0.2) is 9.37 Å². The van der Waals surface area contributed by atoms with Crippen molar-refractivity contribution in [3.05, 3.63) is 47.5 Å². The van der Waals surface area contributed by atoms with Crippen LogP contribution in [0.5, 0.6) is 0 Å². The Morgan fingerprint density at radius 2 is 2.13 bits per heavy atom. The first kappa shape index (κ1) is 15.4. The molecule has 1 amide bonds. The Bertz CT molecular complexity index is 879. The van der Waals surface area contributed by atoms with Crippen molar-refractivity contribution < 1.29 is 9.18 Å². The highest BCUT2D eigenvalue weighted by molar-refractivity contribution is 7.99. The van der Waals surface area contributed by atoms with Gasteiger partial charge in [0.2, 0.25) is 5.91 Å². The first-order valence-electron chi connectivity index (χ1n) is 6.90. The largest absolute Gasteiger partial charge is 0.325 e. The number of hydrogen-bond donors (Lipinski definition) is 1. The van der Waals surface area contributed by atoms with Gasteiger partial charge in [-0.1, -0.05) is 17.8 Å². The van der Waals surface area contributed by atoms with Crippen LogP contribution in [0.25, 0.3) is 5.78 Å². The van der Waals surface area contributed by atoms with Crippen LogP contribution in [0, 0.1) is 19.7 Å². The lowest BCUT2D eigenvalue weighted by atomic mass is 10.3. The molecule has 0 aliphatic heterocycles. The van der Waals surface area contributed by atoms with Crippen molar-refractivity contribution in [1.82, 2.24) is 19.6 Å². The summed E-state index contributed by atoms with van der Waals surface area (Å²) >= 11 is 1.25. The molecule has 23 heavy (non-hydrogen) atoms. The van der Waals surface area contributed by atoms with E-state index in [-0.39, 0.29) is 11.7 Å². The number of anilines is 1. The second-order valence-electron chi connectivity index (χ2n) is 5.00. The molecule has 0 aliphatic rings. The number of aryl methyl sites for hydroxylation is 2. The van der Waals surface area contributed by atoms with E-state index in [1.165, 1.54) is 23.9 Å². The van der Waals surface area contributed by atoms with Crippen molar-refractivity contribution >= 4 is 29.1 Å². The molecule has 0 atom stereocenters. The Morgan fingerprint density at radius 1 is 1.30 bits per heavy atom. The van der Waals surface area contributed by atoms with Crippen LogP contribution in [-0.4, -0.2) is 31.2 Å². The number of carbonyl (C=O) groups is 1. The molecule has 0 saturated carbocycles. The number of aromatic nitrogens is 4. The van der Waals surface area contributed by atoms with Crippen molar-refractivity contribution in [1.29, 1.82) is 0 Å². The van der Waals surface area contributed by atoms with Crippen LogP contribution >= 0.6 is 11.8 Å². The number of amides is 1. The fourth-order valence-electron chi connectivity index (χ4n) is 2.19.